The summed E-state index contributed by atoms with van der Waals surface area (Å²) in [5.74, 6) is 0.409. The maximum Gasteiger partial charge on any atom is 0.0278 e. The van der Waals surface area contributed by atoms with Crippen molar-refractivity contribution in [1.29, 1.82) is 0 Å². The van der Waals surface area contributed by atoms with Crippen molar-refractivity contribution < 1.29 is 0 Å². The highest BCUT2D eigenvalue weighted by Crippen LogP contribution is 2.37. The molecule has 0 radical (unpaired) electrons. The first-order chi connectivity index (χ1) is 8.66. The molecule has 0 fully saturated rings. The average molecular weight is 299 g/mol. The Morgan fingerprint density at radius 3 is 2.39 bits per heavy atom. The Morgan fingerprint density at radius 1 is 1.00 bits per heavy atom. The number of benzene rings is 2. The predicted molar refractivity (Wildman–Crippen MR) is 80.9 cm³/mol. The standard InChI is InChI=1S/C17H15Br/c1-11-9-14(10-12(2)17(11)18)16-8-7-13-5-3-4-6-15(13)16/h3-10,16H,1-2H3. The molecular weight excluding hydrogens is 284 g/mol. The van der Waals surface area contributed by atoms with Crippen molar-refractivity contribution in [3.8, 4) is 0 Å². The second-order valence-corrected chi connectivity index (χ2v) is 5.73. The van der Waals surface area contributed by atoms with Crippen molar-refractivity contribution in [2.45, 2.75) is 19.8 Å². The van der Waals surface area contributed by atoms with E-state index < -0.39 is 0 Å². The molecule has 0 saturated carbocycles. The number of aryl methyl sites for hydroxylation is 2. The second kappa shape index (κ2) is 4.40. The smallest absolute Gasteiger partial charge is 0.0278 e. The lowest BCUT2D eigenvalue weighted by Gasteiger charge is -2.14. The minimum absolute atomic E-state index is 0.409. The Balaban J connectivity index is 2.11. The number of hydrogen-bond acceptors (Lipinski definition) is 0. The number of hydrogen-bond donors (Lipinski definition) is 0. The van der Waals surface area contributed by atoms with Crippen molar-refractivity contribution in [2.75, 3.05) is 0 Å². The van der Waals surface area contributed by atoms with E-state index in [4.69, 9.17) is 0 Å². The number of allylic oxidation sites excluding steroid dienone is 1. The van der Waals surface area contributed by atoms with Gasteiger partial charge in [0.05, 0.1) is 0 Å². The van der Waals surface area contributed by atoms with Crippen LogP contribution >= 0.6 is 15.9 Å². The van der Waals surface area contributed by atoms with E-state index in [2.05, 4.69) is 78.3 Å². The van der Waals surface area contributed by atoms with Crippen LogP contribution in [0.1, 0.15) is 33.7 Å². The Bertz CT molecular complexity index is 615. The van der Waals surface area contributed by atoms with Gasteiger partial charge in [0.15, 0.2) is 0 Å². The normalized spacial score (nSPS) is 16.9. The molecule has 2 aromatic carbocycles. The quantitative estimate of drug-likeness (QED) is 0.677. The van der Waals surface area contributed by atoms with Crippen molar-refractivity contribution >= 4 is 22.0 Å². The van der Waals surface area contributed by atoms with Crippen LogP contribution in [0.15, 0.2) is 46.9 Å². The lowest BCUT2D eigenvalue weighted by atomic mass is 9.91. The molecule has 90 valence electrons. The summed E-state index contributed by atoms with van der Waals surface area (Å²) >= 11 is 3.64. The molecule has 0 amide bonds. The summed E-state index contributed by atoms with van der Waals surface area (Å²) in [5.41, 5.74) is 6.76. The fraction of sp³-hybridized carbons (Fsp3) is 0.176. The van der Waals surface area contributed by atoms with Crippen LogP contribution in [-0.2, 0) is 0 Å². The summed E-state index contributed by atoms with van der Waals surface area (Å²) in [6, 6.07) is 13.2. The summed E-state index contributed by atoms with van der Waals surface area (Å²) in [6.07, 6.45) is 4.53. The van der Waals surface area contributed by atoms with E-state index in [1.54, 1.807) is 0 Å². The molecule has 1 unspecified atom stereocenters. The van der Waals surface area contributed by atoms with Gasteiger partial charge >= 0.3 is 0 Å². The zero-order valence-corrected chi connectivity index (χ0v) is 12.2. The molecule has 0 aliphatic heterocycles. The van der Waals surface area contributed by atoms with E-state index in [0.29, 0.717) is 5.92 Å². The van der Waals surface area contributed by atoms with Crippen molar-refractivity contribution in [2.24, 2.45) is 0 Å². The monoisotopic (exact) mass is 298 g/mol. The molecule has 2 aromatic rings. The predicted octanol–water partition coefficient (Wildman–Crippen LogP) is 5.22. The average Bonchev–Trinajstić information content (AvgIpc) is 2.79. The topological polar surface area (TPSA) is 0 Å². The van der Waals surface area contributed by atoms with E-state index in [-0.39, 0.29) is 0 Å². The molecule has 18 heavy (non-hydrogen) atoms. The minimum atomic E-state index is 0.409. The molecular formula is C17H15Br. The van der Waals surface area contributed by atoms with Crippen LogP contribution in [0.3, 0.4) is 0 Å². The Labute approximate surface area is 116 Å². The van der Waals surface area contributed by atoms with Gasteiger partial charge in [0.1, 0.15) is 0 Å². The van der Waals surface area contributed by atoms with Crippen LogP contribution in [0.25, 0.3) is 6.08 Å². The van der Waals surface area contributed by atoms with Gasteiger partial charge in [0.2, 0.25) is 0 Å². The van der Waals surface area contributed by atoms with Crippen molar-refractivity contribution in [3.05, 3.63) is 74.8 Å². The summed E-state index contributed by atoms with van der Waals surface area (Å²) in [4.78, 5) is 0. The number of rotatable bonds is 1. The molecule has 1 heteroatoms. The Kier molecular flexibility index (Phi) is 2.87. The third-order valence-electron chi connectivity index (χ3n) is 3.62. The Morgan fingerprint density at radius 2 is 1.67 bits per heavy atom. The van der Waals surface area contributed by atoms with Gasteiger partial charge in [0.25, 0.3) is 0 Å². The highest BCUT2D eigenvalue weighted by Gasteiger charge is 2.19. The van der Waals surface area contributed by atoms with Crippen LogP contribution in [-0.4, -0.2) is 0 Å². The van der Waals surface area contributed by atoms with Crippen LogP contribution in [0.2, 0.25) is 0 Å². The van der Waals surface area contributed by atoms with E-state index in [0.717, 1.165) is 0 Å². The number of halogens is 1. The van der Waals surface area contributed by atoms with Gasteiger partial charge in [-0.15, -0.1) is 0 Å². The first kappa shape index (κ1) is 11.7. The van der Waals surface area contributed by atoms with Crippen molar-refractivity contribution in [3.63, 3.8) is 0 Å². The molecule has 0 spiro atoms. The zero-order chi connectivity index (χ0) is 12.7. The van der Waals surface area contributed by atoms with Crippen molar-refractivity contribution in [1.82, 2.24) is 0 Å². The fourth-order valence-corrected chi connectivity index (χ4v) is 2.93. The molecule has 1 aliphatic rings. The van der Waals surface area contributed by atoms with Gasteiger partial charge in [-0.2, -0.15) is 0 Å². The molecule has 0 saturated heterocycles. The molecule has 0 nitrogen and oxygen atoms in total. The molecule has 0 aromatic heterocycles. The van der Waals surface area contributed by atoms with E-state index >= 15 is 0 Å². The van der Waals surface area contributed by atoms with Crippen LogP contribution in [0, 0.1) is 13.8 Å². The van der Waals surface area contributed by atoms with Gasteiger partial charge in [-0.05, 0) is 41.7 Å². The number of fused-ring (bicyclic) bond motifs is 1. The highest BCUT2D eigenvalue weighted by molar-refractivity contribution is 9.10. The third-order valence-corrected chi connectivity index (χ3v) is 4.87. The summed E-state index contributed by atoms with van der Waals surface area (Å²) < 4.78 is 1.22. The zero-order valence-electron chi connectivity index (χ0n) is 10.6. The van der Waals surface area contributed by atoms with E-state index in [1.165, 1.54) is 32.3 Å². The van der Waals surface area contributed by atoms with Gasteiger partial charge in [-0.1, -0.05) is 64.5 Å². The van der Waals surface area contributed by atoms with E-state index in [9.17, 15) is 0 Å². The summed E-state index contributed by atoms with van der Waals surface area (Å²) in [6.45, 7) is 4.32. The summed E-state index contributed by atoms with van der Waals surface area (Å²) in [5, 5.41) is 0. The molecule has 0 bridgehead atoms. The SMILES string of the molecule is Cc1cc(C2C=Cc3ccccc32)cc(C)c1Br. The minimum Gasteiger partial charge on any atom is -0.0720 e. The molecule has 0 heterocycles. The lowest BCUT2D eigenvalue weighted by molar-refractivity contribution is 1.04. The first-order valence-corrected chi connectivity index (χ1v) is 7.00. The maximum absolute atomic E-state index is 3.64. The molecule has 1 atom stereocenters. The lowest BCUT2D eigenvalue weighted by Crippen LogP contribution is -1.98. The Hall–Kier alpha value is -1.34. The summed E-state index contributed by atoms with van der Waals surface area (Å²) in [7, 11) is 0. The first-order valence-electron chi connectivity index (χ1n) is 6.20. The largest absolute Gasteiger partial charge is 0.0720 e. The van der Waals surface area contributed by atoms with Gasteiger partial charge in [-0.25, -0.2) is 0 Å². The van der Waals surface area contributed by atoms with Crippen LogP contribution < -0.4 is 0 Å². The molecule has 1 aliphatic carbocycles. The molecule has 0 N–H and O–H groups in total. The van der Waals surface area contributed by atoms with Crippen LogP contribution in [0.5, 0.6) is 0 Å². The van der Waals surface area contributed by atoms with Gasteiger partial charge < -0.3 is 0 Å². The fourth-order valence-electron chi connectivity index (χ4n) is 2.70. The van der Waals surface area contributed by atoms with Gasteiger partial charge in [-0.3, -0.25) is 0 Å². The van der Waals surface area contributed by atoms with E-state index in [1.807, 2.05) is 0 Å². The van der Waals surface area contributed by atoms with Crippen LogP contribution in [0.4, 0.5) is 0 Å². The third kappa shape index (κ3) is 1.83. The highest BCUT2D eigenvalue weighted by atomic mass is 79.9. The second-order valence-electron chi connectivity index (χ2n) is 4.93. The molecule has 3 rings (SSSR count). The van der Waals surface area contributed by atoms with Gasteiger partial charge in [0, 0.05) is 10.4 Å². The maximum atomic E-state index is 3.64.